The summed E-state index contributed by atoms with van der Waals surface area (Å²) in [7, 11) is 0. The average Bonchev–Trinajstić information content (AvgIpc) is 3.07. The van der Waals surface area contributed by atoms with E-state index < -0.39 is 11.7 Å². The maximum Gasteiger partial charge on any atom is 0.418 e. The maximum atomic E-state index is 13.2. The number of cyclic esters (lactones) is 1. The van der Waals surface area contributed by atoms with Crippen molar-refractivity contribution in [2.75, 3.05) is 24.6 Å². The lowest BCUT2D eigenvalue weighted by Crippen LogP contribution is -2.23. The molecule has 2 aromatic rings. The molecule has 4 rings (SSSR count). The highest BCUT2D eigenvalue weighted by Crippen LogP contribution is 2.39. The molecule has 0 saturated carbocycles. The van der Waals surface area contributed by atoms with E-state index in [4.69, 9.17) is 4.74 Å². The molecule has 3 heterocycles. The van der Waals surface area contributed by atoms with Crippen molar-refractivity contribution in [1.29, 1.82) is 0 Å². The largest absolute Gasteiger partial charge is 0.465 e. The summed E-state index contributed by atoms with van der Waals surface area (Å²) in [5.41, 5.74) is -0.115. The monoisotopic (exact) mass is 322 g/mol. The number of rotatable bonds is 1. The molecule has 0 aliphatic carbocycles. The predicted molar refractivity (Wildman–Crippen MR) is 76.9 cm³/mol. The normalized spacial score (nSPS) is 24.1. The van der Waals surface area contributed by atoms with Crippen LogP contribution in [0, 0.1) is 11.8 Å². The first-order chi connectivity index (χ1) is 10.9. The second-order valence-corrected chi connectivity index (χ2v) is 5.93. The molecule has 1 aromatic carbocycles. The van der Waals surface area contributed by atoms with Crippen LogP contribution in [0.3, 0.4) is 0 Å². The van der Waals surface area contributed by atoms with Crippen molar-refractivity contribution in [2.24, 2.45) is 11.8 Å². The van der Waals surface area contributed by atoms with Crippen molar-refractivity contribution in [2.45, 2.75) is 6.18 Å². The van der Waals surface area contributed by atoms with Crippen LogP contribution in [0.2, 0.25) is 0 Å². The van der Waals surface area contributed by atoms with Gasteiger partial charge in [-0.15, -0.1) is 0 Å². The Morgan fingerprint density at radius 2 is 2.04 bits per heavy atom. The second kappa shape index (κ2) is 4.84. The van der Waals surface area contributed by atoms with Crippen molar-refractivity contribution in [1.82, 2.24) is 4.98 Å². The number of carbonyl (C=O) groups is 1. The van der Waals surface area contributed by atoms with E-state index in [1.54, 1.807) is 12.1 Å². The van der Waals surface area contributed by atoms with Gasteiger partial charge in [0.05, 0.1) is 23.6 Å². The molecule has 1 aromatic heterocycles. The van der Waals surface area contributed by atoms with Gasteiger partial charge in [0.25, 0.3) is 0 Å². The summed E-state index contributed by atoms with van der Waals surface area (Å²) in [6.45, 7) is 1.46. The Bertz CT molecular complexity index is 790. The molecule has 0 radical (unpaired) electrons. The number of pyridine rings is 1. The van der Waals surface area contributed by atoms with Gasteiger partial charge in [0.1, 0.15) is 0 Å². The molecule has 0 N–H and O–H groups in total. The molecular weight excluding hydrogens is 309 g/mol. The van der Waals surface area contributed by atoms with E-state index in [1.165, 1.54) is 12.3 Å². The van der Waals surface area contributed by atoms with Gasteiger partial charge in [-0.2, -0.15) is 13.2 Å². The number of halogens is 3. The van der Waals surface area contributed by atoms with Gasteiger partial charge in [-0.05, 0) is 12.1 Å². The Hall–Kier alpha value is -2.31. The van der Waals surface area contributed by atoms with Crippen molar-refractivity contribution < 1.29 is 22.7 Å². The van der Waals surface area contributed by atoms with E-state index in [2.05, 4.69) is 4.98 Å². The number of ether oxygens (including phenoxy) is 1. The molecule has 2 aliphatic rings. The van der Waals surface area contributed by atoms with Crippen molar-refractivity contribution in [3.8, 4) is 0 Å². The zero-order valence-electron chi connectivity index (χ0n) is 12.0. The predicted octanol–water partition coefficient (Wildman–Crippen LogP) is 2.86. The van der Waals surface area contributed by atoms with Crippen molar-refractivity contribution in [3.63, 3.8) is 0 Å². The summed E-state index contributed by atoms with van der Waals surface area (Å²) in [6.07, 6.45) is -3.06. The number of para-hydroxylation sites is 1. The molecule has 23 heavy (non-hydrogen) atoms. The number of aromatic nitrogens is 1. The fraction of sp³-hybridized carbons (Fsp3) is 0.375. The minimum absolute atomic E-state index is 0.0582. The molecular formula is C16H13F3N2O2. The van der Waals surface area contributed by atoms with Crippen molar-refractivity contribution in [3.05, 3.63) is 36.0 Å². The summed E-state index contributed by atoms with van der Waals surface area (Å²) < 4.78 is 44.5. The summed E-state index contributed by atoms with van der Waals surface area (Å²) in [6, 6.07) is 5.77. The van der Waals surface area contributed by atoms with E-state index in [1.807, 2.05) is 4.90 Å². The first-order valence-electron chi connectivity index (χ1n) is 7.31. The van der Waals surface area contributed by atoms with Crippen LogP contribution in [0.5, 0.6) is 0 Å². The van der Waals surface area contributed by atoms with Crippen LogP contribution in [0.4, 0.5) is 18.9 Å². The standard InChI is InChI=1S/C16H13F3N2O2/c17-16(18,19)12-3-1-2-10-13(4-5-20-14(10)12)21-6-9-8-23-15(22)11(9)7-21/h1-5,9,11H,6-8H2/t9-,11-/m1/s1. The van der Waals surface area contributed by atoms with E-state index in [-0.39, 0.29) is 23.3 Å². The number of anilines is 1. The molecule has 7 heteroatoms. The summed E-state index contributed by atoms with van der Waals surface area (Å²) in [4.78, 5) is 17.6. The van der Waals surface area contributed by atoms with Gasteiger partial charge < -0.3 is 9.64 Å². The number of alkyl halides is 3. The van der Waals surface area contributed by atoms with Gasteiger partial charge in [0.15, 0.2) is 0 Å². The Labute approximate surface area is 129 Å². The highest BCUT2D eigenvalue weighted by atomic mass is 19.4. The van der Waals surface area contributed by atoms with Crippen LogP contribution in [0.25, 0.3) is 10.9 Å². The lowest BCUT2D eigenvalue weighted by atomic mass is 10.0. The number of nitrogens with zero attached hydrogens (tertiary/aromatic N) is 2. The summed E-state index contributed by atoms with van der Waals surface area (Å²) in [5.74, 6) is -0.299. The smallest absolute Gasteiger partial charge is 0.418 e. The Kier molecular flexibility index (Phi) is 3.01. The summed E-state index contributed by atoms with van der Waals surface area (Å²) in [5, 5.41) is 0.454. The first kappa shape index (κ1) is 14.3. The molecule has 2 fully saturated rings. The zero-order valence-corrected chi connectivity index (χ0v) is 12.0. The number of esters is 1. The van der Waals surface area contributed by atoms with Crippen LogP contribution < -0.4 is 4.90 Å². The Morgan fingerprint density at radius 1 is 1.22 bits per heavy atom. The minimum Gasteiger partial charge on any atom is -0.465 e. The van der Waals surface area contributed by atoms with Gasteiger partial charge in [-0.1, -0.05) is 12.1 Å². The minimum atomic E-state index is -4.45. The third-order valence-electron chi connectivity index (χ3n) is 4.58. The molecule has 4 nitrogen and oxygen atoms in total. The Morgan fingerprint density at radius 3 is 2.78 bits per heavy atom. The maximum absolute atomic E-state index is 13.2. The molecule has 0 spiro atoms. The highest BCUT2D eigenvalue weighted by molar-refractivity contribution is 5.94. The number of hydrogen-bond acceptors (Lipinski definition) is 4. The third-order valence-corrected chi connectivity index (χ3v) is 4.58. The molecule has 0 amide bonds. The van der Waals surface area contributed by atoms with Crippen LogP contribution in [-0.2, 0) is 15.7 Å². The number of carbonyl (C=O) groups excluding carboxylic acids is 1. The number of fused-ring (bicyclic) bond motifs is 2. The van der Waals surface area contributed by atoms with E-state index >= 15 is 0 Å². The molecule has 0 bridgehead atoms. The van der Waals surface area contributed by atoms with Crippen LogP contribution in [0.15, 0.2) is 30.5 Å². The fourth-order valence-corrected chi connectivity index (χ4v) is 3.47. The van der Waals surface area contributed by atoms with Gasteiger partial charge in [-0.3, -0.25) is 9.78 Å². The van der Waals surface area contributed by atoms with Crippen molar-refractivity contribution >= 4 is 22.6 Å². The second-order valence-electron chi connectivity index (χ2n) is 5.93. The highest BCUT2D eigenvalue weighted by Gasteiger charge is 2.44. The molecule has 2 aliphatic heterocycles. The SMILES string of the molecule is O=C1OC[C@H]2CN(c3ccnc4c(C(F)(F)F)cccc34)C[C@@H]12. The van der Waals surface area contributed by atoms with Gasteiger partial charge in [-0.25, -0.2) is 0 Å². The number of benzene rings is 1. The first-order valence-corrected chi connectivity index (χ1v) is 7.31. The third kappa shape index (κ3) is 2.22. The van der Waals surface area contributed by atoms with E-state index in [0.717, 1.165) is 6.07 Å². The average molecular weight is 322 g/mol. The van der Waals surface area contributed by atoms with Gasteiger partial charge >= 0.3 is 12.1 Å². The van der Waals surface area contributed by atoms with Crippen LogP contribution >= 0.6 is 0 Å². The molecule has 0 unspecified atom stereocenters. The molecule has 2 saturated heterocycles. The lowest BCUT2D eigenvalue weighted by Gasteiger charge is -2.22. The quantitative estimate of drug-likeness (QED) is 0.757. The fourth-order valence-electron chi connectivity index (χ4n) is 3.47. The lowest BCUT2D eigenvalue weighted by molar-refractivity contribution is -0.141. The Balaban J connectivity index is 1.79. The van der Waals surface area contributed by atoms with E-state index in [9.17, 15) is 18.0 Å². The topological polar surface area (TPSA) is 42.4 Å². The summed E-state index contributed by atoms with van der Waals surface area (Å²) >= 11 is 0. The van der Waals surface area contributed by atoms with Gasteiger partial charge in [0.2, 0.25) is 0 Å². The van der Waals surface area contributed by atoms with E-state index in [0.29, 0.717) is 30.8 Å². The van der Waals surface area contributed by atoms with Crippen LogP contribution in [0.1, 0.15) is 5.56 Å². The molecule has 120 valence electrons. The number of hydrogen-bond donors (Lipinski definition) is 0. The molecule has 2 atom stereocenters. The zero-order chi connectivity index (χ0) is 16.2. The van der Waals surface area contributed by atoms with Crippen LogP contribution in [-0.4, -0.2) is 30.6 Å². The van der Waals surface area contributed by atoms with Gasteiger partial charge in [0, 0.05) is 36.3 Å².